The summed E-state index contributed by atoms with van der Waals surface area (Å²) < 4.78 is 0. The lowest BCUT2D eigenvalue weighted by molar-refractivity contribution is 0.0373. The molecule has 2 saturated heterocycles. The van der Waals surface area contributed by atoms with Crippen molar-refractivity contribution in [2.75, 3.05) is 39.8 Å². The molecule has 0 aliphatic carbocycles. The first-order chi connectivity index (χ1) is 12.3. The number of nitrogens with zero attached hydrogens (tertiary/aromatic N) is 2. The van der Waals surface area contributed by atoms with E-state index in [-0.39, 0.29) is 0 Å². The van der Waals surface area contributed by atoms with E-state index >= 15 is 0 Å². The van der Waals surface area contributed by atoms with Crippen LogP contribution in [-0.4, -0.2) is 65.8 Å². The number of aliphatic hydroxyl groups excluding tert-OH is 1. The summed E-state index contributed by atoms with van der Waals surface area (Å²) in [5.74, 6) is 1.30. The van der Waals surface area contributed by atoms with Crippen molar-refractivity contribution < 1.29 is 5.11 Å². The Kier molecular flexibility index (Phi) is 5.11. The molecule has 2 aliphatic rings. The highest BCUT2D eigenvalue weighted by Crippen LogP contribution is 2.35. The Hall–Kier alpha value is -1.36. The summed E-state index contributed by atoms with van der Waals surface area (Å²) in [4.78, 5) is 8.41. The number of H-pyrrole nitrogens is 1. The van der Waals surface area contributed by atoms with Crippen LogP contribution in [0.5, 0.6) is 0 Å². The summed E-state index contributed by atoms with van der Waals surface area (Å²) in [6, 6.07) is 8.99. The minimum Gasteiger partial charge on any atom is -0.395 e. The number of para-hydroxylation sites is 1. The molecule has 136 valence electrons. The Labute approximate surface area is 150 Å². The lowest BCUT2D eigenvalue weighted by Crippen LogP contribution is -2.49. The van der Waals surface area contributed by atoms with Gasteiger partial charge in [0.2, 0.25) is 0 Å². The summed E-state index contributed by atoms with van der Waals surface area (Å²) in [6.07, 6.45) is 7.07. The van der Waals surface area contributed by atoms with E-state index in [0.717, 1.165) is 13.1 Å². The molecule has 0 saturated carbocycles. The Balaban J connectivity index is 1.40. The average molecular weight is 341 g/mol. The van der Waals surface area contributed by atoms with Gasteiger partial charge in [0.15, 0.2) is 0 Å². The van der Waals surface area contributed by atoms with Gasteiger partial charge < -0.3 is 15.0 Å². The van der Waals surface area contributed by atoms with Crippen LogP contribution in [0, 0.1) is 5.92 Å². The molecule has 0 radical (unpaired) electrons. The number of aromatic amines is 1. The molecule has 25 heavy (non-hydrogen) atoms. The molecule has 2 N–H and O–H groups in total. The Morgan fingerprint density at radius 2 is 1.80 bits per heavy atom. The summed E-state index contributed by atoms with van der Waals surface area (Å²) in [7, 11) is 2.21. The van der Waals surface area contributed by atoms with Crippen LogP contribution in [0.15, 0.2) is 30.5 Å². The highest BCUT2D eigenvalue weighted by atomic mass is 16.3. The predicted molar refractivity (Wildman–Crippen MR) is 103 cm³/mol. The standard InChI is InChI=1S/C21H31N3O/c1-23-10-6-17(7-11-23)21(15-25)24-12-8-16(9-13-24)19-14-22-20-5-3-2-4-18(19)20/h2-5,14,16-17,21-22,25H,6-13,15H2,1H3. The van der Waals surface area contributed by atoms with Crippen LogP contribution in [-0.2, 0) is 0 Å². The molecule has 4 rings (SSSR count). The smallest absolute Gasteiger partial charge is 0.0589 e. The molecular formula is C21H31N3O. The average Bonchev–Trinajstić information content (AvgIpc) is 3.09. The number of aromatic nitrogens is 1. The molecule has 1 unspecified atom stereocenters. The number of nitrogens with one attached hydrogen (secondary N) is 1. The van der Waals surface area contributed by atoms with E-state index in [9.17, 15) is 5.11 Å². The van der Waals surface area contributed by atoms with Crippen molar-refractivity contribution in [1.29, 1.82) is 0 Å². The van der Waals surface area contributed by atoms with Gasteiger partial charge in [-0.05, 0) is 82.4 Å². The number of rotatable bonds is 4. The van der Waals surface area contributed by atoms with Gasteiger partial charge in [0, 0.05) is 23.1 Å². The first-order valence-electron chi connectivity index (χ1n) is 9.85. The molecule has 1 aromatic heterocycles. The van der Waals surface area contributed by atoms with Crippen LogP contribution in [0.4, 0.5) is 0 Å². The third kappa shape index (κ3) is 3.48. The van der Waals surface area contributed by atoms with Gasteiger partial charge in [-0.25, -0.2) is 0 Å². The van der Waals surface area contributed by atoms with Crippen molar-refractivity contribution >= 4 is 10.9 Å². The molecule has 2 aliphatic heterocycles. The normalized spacial score (nSPS) is 23.3. The van der Waals surface area contributed by atoms with Crippen LogP contribution >= 0.6 is 0 Å². The van der Waals surface area contributed by atoms with Crippen LogP contribution in [0.2, 0.25) is 0 Å². The molecule has 1 aromatic carbocycles. The van der Waals surface area contributed by atoms with Crippen LogP contribution in [0.25, 0.3) is 10.9 Å². The van der Waals surface area contributed by atoms with Gasteiger partial charge in [0.1, 0.15) is 0 Å². The zero-order valence-electron chi connectivity index (χ0n) is 15.3. The summed E-state index contributed by atoms with van der Waals surface area (Å²) in [5, 5.41) is 11.4. The molecule has 4 heteroatoms. The van der Waals surface area contributed by atoms with E-state index < -0.39 is 0 Å². The molecule has 1 atom stereocenters. The largest absolute Gasteiger partial charge is 0.395 e. The minimum atomic E-state index is 0.312. The third-order valence-corrected chi connectivity index (χ3v) is 6.55. The molecule has 3 heterocycles. The molecule has 4 nitrogen and oxygen atoms in total. The Morgan fingerprint density at radius 1 is 1.08 bits per heavy atom. The van der Waals surface area contributed by atoms with E-state index in [4.69, 9.17) is 0 Å². The number of hydrogen-bond acceptors (Lipinski definition) is 3. The van der Waals surface area contributed by atoms with Gasteiger partial charge in [-0.2, -0.15) is 0 Å². The molecular weight excluding hydrogens is 310 g/mol. The number of hydrogen-bond donors (Lipinski definition) is 2. The highest BCUT2D eigenvalue weighted by molar-refractivity contribution is 5.83. The maximum atomic E-state index is 10.0. The monoisotopic (exact) mass is 341 g/mol. The summed E-state index contributed by atoms with van der Waals surface area (Å²) in [6.45, 7) is 4.88. The van der Waals surface area contributed by atoms with Crippen LogP contribution < -0.4 is 0 Å². The van der Waals surface area contributed by atoms with Crippen molar-refractivity contribution in [3.05, 3.63) is 36.0 Å². The Bertz CT molecular complexity index is 681. The number of piperidine rings is 2. The molecule has 0 amide bonds. The van der Waals surface area contributed by atoms with E-state index in [1.807, 2.05) is 0 Å². The molecule has 0 spiro atoms. The topological polar surface area (TPSA) is 42.5 Å². The number of aliphatic hydroxyl groups is 1. The maximum absolute atomic E-state index is 10.0. The second-order valence-corrected chi connectivity index (χ2v) is 7.99. The second-order valence-electron chi connectivity index (χ2n) is 7.99. The maximum Gasteiger partial charge on any atom is 0.0589 e. The van der Waals surface area contributed by atoms with Crippen molar-refractivity contribution in [3.8, 4) is 0 Å². The van der Waals surface area contributed by atoms with Gasteiger partial charge in [-0.3, -0.25) is 4.90 Å². The molecule has 2 fully saturated rings. The van der Waals surface area contributed by atoms with E-state index in [2.05, 4.69) is 52.3 Å². The zero-order chi connectivity index (χ0) is 17.2. The lowest BCUT2D eigenvalue weighted by atomic mass is 9.85. The van der Waals surface area contributed by atoms with Crippen LogP contribution in [0.3, 0.4) is 0 Å². The third-order valence-electron chi connectivity index (χ3n) is 6.55. The van der Waals surface area contributed by atoms with Gasteiger partial charge in [-0.15, -0.1) is 0 Å². The SMILES string of the molecule is CN1CCC(C(CO)N2CCC(c3c[nH]c4ccccc34)CC2)CC1. The first-order valence-corrected chi connectivity index (χ1v) is 9.85. The highest BCUT2D eigenvalue weighted by Gasteiger charge is 2.32. The van der Waals surface area contributed by atoms with E-state index in [0.29, 0.717) is 24.5 Å². The van der Waals surface area contributed by atoms with Crippen molar-refractivity contribution in [3.63, 3.8) is 0 Å². The number of fused-ring (bicyclic) bond motifs is 1. The van der Waals surface area contributed by atoms with E-state index in [1.165, 1.54) is 55.2 Å². The number of benzene rings is 1. The van der Waals surface area contributed by atoms with Crippen molar-refractivity contribution in [2.24, 2.45) is 5.92 Å². The van der Waals surface area contributed by atoms with Gasteiger partial charge in [0.25, 0.3) is 0 Å². The second kappa shape index (κ2) is 7.48. The van der Waals surface area contributed by atoms with Gasteiger partial charge in [-0.1, -0.05) is 18.2 Å². The van der Waals surface area contributed by atoms with Gasteiger partial charge >= 0.3 is 0 Å². The fraction of sp³-hybridized carbons (Fsp3) is 0.619. The van der Waals surface area contributed by atoms with Crippen molar-refractivity contribution in [1.82, 2.24) is 14.8 Å². The lowest BCUT2D eigenvalue weighted by Gasteiger charge is -2.42. The fourth-order valence-corrected chi connectivity index (χ4v) is 4.95. The summed E-state index contributed by atoms with van der Waals surface area (Å²) >= 11 is 0. The van der Waals surface area contributed by atoms with Crippen LogP contribution in [0.1, 0.15) is 37.2 Å². The van der Waals surface area contributed by atoms with Crippen molar-refractivity contribution in [2.45, 2.75) is 37.6 Å². The molecule has 2 aromatic rings. The fourth-order valence-electron chi connectivity index (χ4n) is 4.95. The zero-order valence-corrected chi connectivity index (χ0v) is 15.3. The summed E-state index contributed by atoms with van der Waals surface area (Å²) in [5.41, 5.74) is 2.73. The van der Waals surface area contributed by atoms with Gasteiger partial charge in [0.05, 0.1) is 6.61 Å². The first kappa shape index (κ1) is 17.1. The minimum absolute atomic E-state index is 0.312. The van der Waals surface area contributed by atoms with E-state index in [1.54, 1.807) is 0 Å². The quantitative estimate of drug-likeness (QED) is 0.898. The molecule has 0 bridgehead atoms. The predicted octanol–water partition coefficient (Wildman–Crippen LogP) is 3.05. The number of likely N-dealkylation sites (tertiary alicyclic amines) is 2. The Morgan fingerprint density at radius 3 is 2.52 bits per heavy atom.